The van der Waals surface area contributed by atoms with Gasteiger partial charge in [-0.1, -0.05) is 48.5 Å². The summed E-state index contributed by atoms with van der Waals surface area (Å²) in [5, 5.41) is 0. The van der Waals surface area contributed by atoms with Crippen molar-refractivity contribution in [3.05, 3.63) is 72.7 Å². The Morgan fingerprint density at radius 1 is 0.850 bits per heavy atom. The number of aromatic nitrogens is 2. The standard InChI is InChI=1S/C18H17N2/c1-3-8-15(9-4-1)17-14-19-13-7-12-18(19)20(17)16-10-5-2-6-11-16/h1-6,8-11,14H,7,12-13H2/q+1. The van der Waals surface area contributed by atoms with Gasteiger partial charge in [0.2, 0.25) is 0 Å². The fourth-order valence-electron chi connectivity index (χ4n) is 3.08. The first kappa shape index (κ1) is 11.5. The molecule has 2 nitrogen and oxygen atoms in total. The van der Waals surface area contributed by atoms with Crippen LogP contribution in [-0.4, -0.2) is 4.57 Å². The molecule has 0 radical (unpaired) electrons. The van der Waals surface area contributed by atoms with Gasteiger partial charge in [0, 0.05) is 5.56 Å². The molecule has 0 aliphatic carbocycles. The molecule has 2 heterocycles. The average Bonchev–Trinajstić information content (AvgIpc) is 3.09. The van der Waals surface area contributed by atoms with E-state index in [1.165, 1.54) is 29.2 Å². The zero-order chi connectivity index (χ0) is 13.4. The molecule has 4 rings (SSSR count). The summed E-state index contributed by atoms with van der Waals surface area (Å²) in [6.45, 7) is 1.13. The predicted octanol–water partition coefficient (Wildman–Crippen LogP) is 3.38. The van der Waals surface area contributed by atoms with Crippen molar-refractivity contribution >= 4 is 0 Å². The Hall–Kier alpha value is -2.35. The summed E-state index contributed by atoms with van der Waals surface area (Å²) in [6, 6.07) is 21.3. The second-order valence-electron chi connectivity index (χ2n) is 5.26. The highest BCUT2D eigenvalue weighted by atomic mass is 15.2. The summed E-state index contributed by atoms with van der Waals surface area (Å²) >= 11 is 0. The second kappa shape index (κ2) is 4.64. The summed E-state index contributed by atoms with van der Waals surface area (Å²) in [4.78, 5) is 0. The number of imidazole rings is 1. The van der Waals surface area contributed by atoms with Crippen LogP contribution in [0.4, 0.5) is 0 Å². The Labute approximate surface area is 118 Å². The molecule has 1 aromatic heterocycles. The molecule has 0 spiro atoms. The summed E-state index contributed by atoms with van der Waals surface area (Å²) in [5.74, 6) is 1.41. The van der Waals surface area contributed by atoms with Gasteiger partial charge in [0.15, 0.2) is 5.69 Å². The highest BCUT2D eigenvalue weighted by molar-refractivity contribution is 5.61. The topological polar surface area (TPSA) is 8.81 Å². The smallest absolute Gasteiger partial charge is 0.233 e. The minimum Gasteiger partial charge on any atom is -0.233 e. The van der Waals surface area contributed by atoms with Crippen LogP contribution in [0.25, 0.3) is 16.9 Å². The third-order valence-electron chi connectivity index (χ3n) is 3.99. The van der Waals surface area contributed by atoms with Crippen LogP contribution in [0.2, 0.25) is 0 Å². The molecule has 2 heteroatoms. The van der Waals surface area contributed by atoms with Crippen molar-refractivity contribution in [2.45, 2.75) is 19.4 Å². The van der Waals surface area contributed by atoms with Crippen molar-refractivity contribution in [3.8, 4) is 16.9 Å². The first-order valence-electron chi connectivity index (χ1n) is 7.18. The molecule has 1 aliphatic heterocycles. The number of rotatable bonds is 2. The van der Waals surface area contributed by atoms with Crippen molar-refractivity contribution in [1.82, 2.24) is 4.57 Å². The summed E-state index contributed by atoms with van der Waals surface area (Å²) in [6.07, 6.45) is 4.70. The fraction of sp³-hybridized carbons (Fsp3) is 0.167. The Balaban J connectivity index is 1.97. The zero-order valence-corrected chi connectivity index (χ0v) is 11.4. The van der Waals surface area contributed by atoms with E-state index in [9.17, 15) is 0 Å². The van der Waals surface area contributed by atoms with Crippen LogP contribution in [0.15, 0.2) is 66.9 Å². The van der Waals surface area contributed by atoms with Crippen molar-refractivity contribution in [3.63, 3.8) is 0 Å². The normalized spacial score (nSPS) is 13.4. The Bertz CT molecular complexity index is 727. The van der Waals surface area contributed by atoms with E-state index in [4.69, 9.17) is 0 Å². The molecule has 0 N–H and O–H groups in total. The first-order valence-corrected chi connectivity index (χ1v) is 7.18. The van der Waals surface area contributed by atoms with E-state index in [0.29, 0.717) is 0 Å². The number of hydrogen-bond acceptors (Lipinski definition) is 0. The van der Waals surface area contributed by atoms with E-state index >= 15 is 0 Å². The van der Waals surface area contributed by atoms with Crippen LogP contribution >= 0.6 is 0 Å². The van der Waals surface area contributed by atoms with Gasteiger partial charge in [0.25, 0.3) is 5.82 Å². The molecule has 0 bridgehead atoms. The number of hydrogen-bond donors (Lipinski definition) is 0. The van der Waals surface area contributed by atoms with Gasteiger partial charge in [-0.15, -0.1) is 0 Å². The van der Waals surface area contributed by atoms with E-state index in [1.54, 1.807) is 0 Å². The van der Waals surface area contributed by atoms with E-state index in [0.717, 1.165) is 13.0 Å². The lowest BCUT2D eigenvalue weighted by molar-refractivity contribution is -0.689. The largest absolute Gasteiger partial charge is 0.262 e. The lowest BCUT2D eigenvalue weighted by Crippen LogP contribution is -2.30. The zero-order valence-electron chi connectivity index (χ0n) is 11.4. The molecular weight excluding hydrogens is 244 g/mol. The quantitative estimate of drug-likeness (QED) is 0.625. The highest BCUT2D eigenvalue weighted by Gasteiger charge is 2.29. The molecule has 2 aromatic carbocycles. The second-order valence-corrected chi connectivity index (χ2v) is 5.26. The molecule has 98 valence electrons. The van der Waals surface area contributed by atoms with Crippen LogP contribution in [0, 0.1) is 0 Å². The molecule has 20 heavy (non-hydrogen) atoms. The lowest BCUT2D eigenvalue weighted by atomic mass is 10.1. The van der Waals surface area contributed by atoms with Gasteiger partial charge >= 0.3 is 0 Å². The van der Waals surface area contributed by atoms with Crippen LogP contribution in [0.1, 0.15) is 12.2 Å². The van der Waals surface area contributed by atoms with Gasteiger partial charge in [-0.25, -0.2) is 4.57 Å². The number of aryl methyl sites for hydroxylation is 1. The van der Waals surface area contributed by atoms with Crippen molar-refractivity contribution < 1.29 is 4.57 Å². The molecular formula is C18H17N2+. The highest BCUT2D eigenvalue weighted by Crippen LogP contribution is 2.26. The number of benzene rings is 2. The predicted molar refractivity (Wildman–Crippen MR) is 79.7 cm³/mol. The molecule has 3 aromatic rings. The van der Waals surface area contributed by atoms with Crippen LogP contribution in [0.3, 0.4) is 0 Å². The SMILES string of the molecule is c1ccc(-c2c[n+]3c(n2-c2ccccc2)CCC3)cc1. The van der Waals surface area contributed by atoms with E-state index in [-0.39, 0.29) is 0 Å². The van der Waals surface area contributed by atoms with Gasteiger partial charge in [-0.3, -0.25) is 0 Å². The monoisotopic (exact) mass is 261 g/mol. The van der Waals surface area contributed by atoms with Gasteiger partial charge < -0.3 is 0 Å². The maximum absolute atomic E-state index is 2.41. The van der Waals surface area contributed by atoms with Gasteiger partial charge in [0.1, 0.15) is 11.9 Å². The maximum Gasteiger partial charge on any atom is 0.262 e. The molecule has 0 amide bonds. The fourth-order valence-corrected chi connectivity index (χ4v) is 3.08. The van der Waals surface area contributed by atoms with Crippen LogP contribution < -0.4 is 4.57 Å². The summed E-state index contributed by atoms with van der Waals surface area (Å²) in [7, 11) is 0. The van der Waals surface area contributed by atoms with Gasteiger partial charge in [0.05, 0.1) is 13.0 Å². The number of fused-ring (bicyclic) bond motifs is 1. The molecule has 1 aliphatic rings. The average molecular weight is 261 g/mol. The van der Waals surface area contributed by atoms with Gasteiger partial charge in [-0.2, -0.15) is 4.57 Å². The van der Waals surface area contributed by atoms with E-state index < -0.39 is 0 Å². The first-order chi connectivity index (χ1) is 9.93. The maximum atomic E-state index is 2.41. The minimum absolute atomic E-state index is 1.13. The molecule has 0 saturated carbocycles. The third-order valence-corrected chi connectivity index (χ3v) is 3.99. The van der Waals surface area contributed by atoms with Crippen LogP contribution in [-0.2, 0) is 13.0 Å². The number of para-hydroxylation sites is 1. The Kier molecular flexibility index (Phi) is 2.66. The van der Waals surface area contributed by atoms with Crippen molar-refractivity contribution in [2.24, 2.45) is 0 Å². The molecule has 0 unspecified atom stereocenters. The Morgan fingerprint density at radius 2 is 1.55 bits per heavy atom. The summed E-state index contributed by atoms with van der Waals surface area (Å²) < 4.78 is 4.80. The Morgan fingerprint density at radius 3 is 2.30 bits per heavy atom. The molecule has 0 saturated heterocycles. The molecule has 0 atom stereocenters. The third kappa shape index (κ3) is 1.76. The van der Waals surface area contributed by atoms with E-state index in [1.807, 2.05) is 0 Å². The van der Waals surface area contributed by atoms with Crippen LogP contribution in [0.5, 0.6) is 0 Å². The number of nitrogens with zero attached hydrogens (tertiary/aromatic N) is 2. The van der Waals surface area contributed by atoms with Crippen molar-refractivity contribution in [2.75, 3.05) is 0 Å². The molecule has 0 fully saturated rings. The minimum atomic E-state index is 1.13. The summed E-state index contributed by atoms with van der Waals surface area (Å²) in [5.41, 5.74) is 3.81. The lowest BCUT2D eigenvalue weighted by Gasteiger charge is -2.03. The van der Waals surface area contributed by atoms with Crippen molar-refractivity contribution in [1.29, 1.82) is 0 Å². The van der Waals surface area contributed by atoms with Gasteiger partial charge in [-0.05, 0) is 18.6 Å². The van der Waals surface area contributed by atoms with E-state index in [2.05, 4.69) is 76.0 Å².